The van der Waals surface area contributed by atoms with Crippen molar-refractivity contribution in [3.63, 3.8) is 0 Å². The molecule has 0 radical (unpaired) electrons. The number of amides is 2. The van der Waals surface area contributed by atoms with E-state index in [4.69, 9.17) is 4.74 Å². The van der Waals surface area contributed by atoms with Gasteiger partial charge in [-0.25, -0.2) is 9.59 Å². The minimum Gasteiger partial charge on any atom is -0.507 e. The van der Waals surface area contributed by atoms with Crippen molar-refractivity contribution in [2.75, 3.05) is 6.61 Å². The van der Waals surface area contributed by atoms with Crippen molar-refractivity contribution in [2.45, 2.75) is 78.7 Å². The fourth-order valence-electron chi connectivity index (χ4n) is 3.56. The van der Waals surface area contributed by atoms with Crippen LogP contribution in [0.3, 0.4) is 0 Å². The summed E-state index contributed by atoms with van der Waals surface area (Å²) < 4.78 is 5.28. The van der Waals surface area contributed by atoms with Crippen LogP contribution in [-0.4, -0.2) is 23.7 Å². The van der Waals surface area contributed by atoms with Crippen LogP contribution < -0.4 is 10.6 Å². The van der Waals surface area contributed by atoms with Crippen LogP contribution >= 0.6 is 0 Å². The summed E-state index contributed by atoms with van der Waals surface area (Å²) in [5.41, 5.74) is 2.61. The SMILES string of the molecule is CCOC(=O)C1=C(CC)NC(=O)NC1c1cc(C(C)(C)C)c(O)c(C(C)(C)C)c1. The standard InChI is InChI=1S/C23H34N2O4/c1-9-16-17(20(27)29-10-2)18(25-21(28)24-16)13-11-14(22(3,4)5)19(26)15(12-13)23(6,7)8/h11-12,18,26H,9-10H2,1-8H3,(H2,24,25,28). The van der Waals surface area contributed by atoms with Gasteiger partial charge in [0, 0.05) is 5.70 Å². The number of phenolic OH excluding ortho intramolecular Hbond substituents is 1. The van der Waals surface area contributed by atoms with Gasteiger partial charge >= 0.3 is 12.0 Å². The number of urea groups is 1. The summed E-state index contributed by atoms with van der Waals surface area (Å²) in [7, 11) is 0. The lowest BCUT2D eigenvalue weighted by Crippen LogP contribution is -2.46. The normalized spacial score (nSPS) is 17.7. The smallest absolute Gasteiger partial charge is 0.338 e. The number of phenols is 1. The summed E-state index contributed by atoms with van der Waals surface area (Å²) in [6.07, 6.45) is 0.494. The molecule has 0 saturated carbocycles. The molecule has 3 N–H and O–H groups in total. The number of rotatable bonds is 4. The molecule has 1 heterocycles. The second-order valence-electron chi connectivity index (χ2n) is 9.46. The quantitative estimate of drug-likeness (QED) is 0.644. The van der Waals surface area contributed by atoms with Crippen molar-refractivity contribution in [2.24, 2.45) is 0 Å². The molecule has 0 fully saturated rings. The molecule has 1 aromatic carbocycles. The number of hydrogen-bond acceptors (Lipinski definition) is 4. The lowest BCUT2D eigenvalue weighted by molar-refractivity contribution is -0.139. The summed E-state index contributed by atoms with van der Waals surface area (Å²) in [5, 5.41) is 16.6. The molecule has 2 amide bonds. The van der Waals surface area contributed by atoms with Crippen LogP contribution in [0.25, 0.3) is 0 Å². The Kier molecular flexibility index (Phi) is 6.36. The van der Waals surface area contributed by atoms with E-state index in [0.29, 0.717) is 17.7 Å². The van der Waals surface area contributed by atoms with Gasteiger partial charge in [-0.1, -0.05) is 48.5 Å². The topological polar surface area (TPSA) is 87.7 Å². The van der Waals surface area contributed by atoms with E-state index >= 15 is 0 Å². The molecular weight excluding hydrogens is 368 g/mol. The van der Waals surface area contributed by atoms with Crippen LogP contribution in [0.15, 0.2) is 23.4 Å². The minimum absolute atomic E-state index is 0.246. The third kappa shape index (κ3) is 4.74. The van der Waals surface area contributed by atoms with Gasteiger partial charge in [0.1, 0.15) is 5.75 Å². The molecule has 0 saturated heterocycles. The van der Waals surface area contributed by atoms with Crippen molar-refractivity contribution in [3.8, 4) is 5.75 Å². The van der Waals surface area contributed by atoms with Gasteiger partial charge in [0.05, 0.1) is 18.2 Å². The Balaban J connectivity index is 2.79. The maximum Gasteiger partial charge on any atom is 0.338 e. The Morgan fingerprint density at radius 3 is 2.00 bits per heavy atom. The van der Waals surface area contributed by atoms with Crippen molar-refractivity contribution in [1.29, 1.82) is 0 Å². The molecule has 6 nitrogen and oxygen atoms in total. The molecule has 29 heavy (non-hydrogen) atoms. The lowest BCUT2D eigenvalue weighted by atomic mass is 9.77. The number of ether oxygens (including phenoxy) is 1. The van der Waals surface area contributed by atoms with Gasteiger partial charge in [0.2, 0.25) is 0 Å². The maximum atomic E-state index is 12.8. The van der Waals surface area contributed by atoms with Crippen LogP contribution in [-0.2, 0) is 20.4 Å². The Bertz CT molecular complexity index is 806. The molecule has 0 spiro atoms. The van der Waals surface area contributed by atoms with E-state index in [1.54, 1.807) is 6.92 Å². The van der Waals surface area contributed by atoms with E-state index in [1.165, 1.54) is 0 Å². The van der Waals surface area contributed by atoms with Gasteiger partial charge in [-0.05, 0) is 53.0 Å². The molecule has 2 rings (SSSR count). The van der Waals surface area contributed by atoms with Gasteiger partial charge in [-0.2, -0.15) is 0 Å². The van der Waals surface area contributed by atoms with Crippen molar-refractivity contribution in [3.05, 3.63) is 40.1 Å². The zero-order valence-corrected chi connectivity index (χ0v) is 18.8. The number of nitrogens with one attached hydrogen (secondary N) is 2. The van der Waals surface area contributed by atoms with Crippen molar-refractivity contribution < 1.29 is 19.4 Å². The second-order valence-corrected chi connectivity index (χ2v) is 9.46. The Morgan fingerprint density at radius 2 is 1.59 bits per heavy atom. The van der Waals surface area contributed by atoms with E-state index < -0.39 is 12.0 Å². The Morgan fingerprint density at radius 1 is 1.07 bits per heavy atom. The molecule has 0 aromatic heterocycles. The van der Waals surface area contributed by atoms with Gasteiger partial charge in [0.15, 0.2) is 0 Å². The minimum atomic E-state index is -0.652. The van der Waals surface area contributed by atoms with Gasteiger partial charge in [-0.15, -0.1) is 0 Å². The third-order valence-electron chi connectivity index (χ3n) is 5.08. The molecule has 1 aromatic rings. The number of allylic oxidation sites excluding steroid dienone is 1. The van der Waals surface area contributed by atoms with Crippen molar-refractivity contribution in [1.82, 2.24) is 10.6 Å². The van der Waals surface area contributed by atoms with Crippen LogP contribution in [0, 0.1) is 0 Å². The van der Waals surface area contributed by atoms with Gasteiger partial charge in [0.25, 0.3) is 0 Å². The van der Waals surface area contributed by atoms with E-state index in [-0.39, 0.29) is 29.2 Å². The first-order valence-corrected chi connectivity index (χ1v) is 10.2. The lowest BCUT2D eigenvalue weighted by Gasteiger charge is -2.33. The fourth-order valence-corrected chi connectivity index (χ4v) is 3.56. The Hall–Kier alpha value is -2.50. The summed E-state index contributed by atoms with van der Waals surface area (Å²) >= 11 is 0. The second kappa shape index (κ2) is 8.09. The van der Waals surface area contributed by atoms with Crippen LogP contribution in [0.1, 0.15) is 84.5 Å². The molecule has 0 aliphatic carbocycles. The largest absolute Gasteiger partial charge is 0.507 e. The average Bonchev–Trinajstić information content (AvgIpc) is 2.59. The predicted octanol–water partition coefficient (Wildman–Crippen LogP) is 4.57. The van der Waals surface area contributed by atoms with Crippen LogP contribution in [0.2, 0.25) is 0 Å². The number of hydrogen-bond donors (Lipinski definition) is 3. The monoisotopic (exact) mass is 402 g/mol. The molecular formula is C23H34N2O4. The van der Waals surface area contributed by atoms with Gasteiger partial charge in [-0.3, -0.25) is 0 Å². The van der Waals surface area contributed by atoms with Crippen molar-refractivity contribution >= 4 is 12.0 Å². The molecule has 6 heteroatoms. The molecule has 1 aliphatic heterocycles. The van der Waals surface area contributed by atoms with Crippen LogP contribution in [0.4, 0.5) is 4.79 Å². The first-order valence-electron chi connectivity index (χ1n) is 10.2. The maximum absolute atomic E-state index is 12.8. The molecule has 1 atom stereocenters. The molecule has 1 unspecified atom stereocenters. The number of carbonyl (C=O) groups is 2. The zero-order valence-electron chi connectivity index (χ0n) is 18.8. The Labute approximate surface area is 173 Å². The predicted molar refractivity (Wildman–Crippen MR) is 114 cm³/mol. The zero-order chi connectivity index (χ0) is 22.1. The number of aromatic hydroxyl groups is 1. The highest BCUT2D eigenvalue weighted by Crippen LogP contribution is 2.42. The first kappa shape index (κ1) is 22.8. The number of carbonyl (C=O) groups excluding carboxylic acids is 2. The molecule has 1 aliphatic rings. The number of esters is 1. The summed E-state index contributed by atoms with van der Waals surface area (Å²) in [6.45, 7) is 16.0. The highest BCUT2D eigenvalue weighted by Gasteiger charge is 2.35. The van der Waals surface area contributed by atoms with E-state index in [2.05, 4.69) is 10.6 Å². The number of benzene rings is 1. The van der Waals surface area contributed by atoms with E-state index in [0.717, 1.165) is 16.7 Å². The summed E-state index contributed by atoms with van der Waals surface area (Å²) in [5.74, 6) is -0.198. The van der Waals surface area contributed by atoms with Gasteiger partial charge < -0.3 is 20.5 Å². The highest BCUT2D eigenvalue weighted by molar-refractivity contribution is 5.95. The highest BCUT2D eigenvalue weighted by atomic mass is 16.5. The van der Waals surface area contributed by atoms with E-state index in [1.807, 2.05) is 60.6 Å². The summed E-state index contributed by atoms with van der Waals surface area (Å²) in [4.78, 5) is 25.1. The van der Waals surface area contributed by atoms with Crippen LogP contribution in [0.5, 0.6) is 5.75 Å². The first-order chi connectivity index (χ1) is 13.3. The van der Waals surface area contributed by atoms with E-state index in [9.17, 15) is 14.7 Å². The average molecular weight is 403 g/mol. The summed E-state index contributed by atoms with van der Waals surface area (Å²) in [6, 6.07) is 2.75. The fraction of sp³-hybridized carbons (Fsp3) is 0.565. The molecule has 160 valence electrons. The third-order valence-corrected chi connectivity index (χ3v) is 5.08. The molecule has 0 bridgehead atoms.